The first-order chi connectivity index (χ1) is 11.1. The lowest BCUT2D eigenvalue weighted by molar-refractivity contribution is 0.00847. The van der Waals surface area contributed by atoms with Crippen LogP contribution >= 0.6 is 11.6 Å². The van der Waals surface area contributed by atoms with Crippen LogP contribution in [0.2, 0.25) is 0 Å². The van der Waals surface area contributed by atoms with Crippen molar-refractivity contribution < 1.29 is 5.11 Å². The largest absolute Gasteiger partial charge is 0.393 e. The minimum atomic E-state index is -0.242. The van der Waals surface area contributed by atoms with Crippen LogP contribution in [0.15, 0.2) is 53.6 Å². The molecule has 0 bridgehead atoms. The van der Waals surface area contributed by atoms with Crippen molar-refractivity contribution in [3.8, 4) is 0 Å². The fourth-order valence-corrected chi connectivity index (χ4v) is 4.20. The molecule has 1 aromatic rings. The fraction of sp³-hybridized carbons (Fsp3) is 0.500. The molecule has 4 atom stereocenters. The van der Waals surface area contributed by atoms with Crippen LogP contribution in [0.25, 0.3) is 0 Å². The van der Waals surface area contributed by atoms with Crippen LogP contribution in [0.3, 0.4) is 0 Å². The summed E-state index contributed by atoms with van der Waals surface area (Å²) in [7, 11) is 0. The van der Waals surface area contributed by atoms with Crippen LogP contribution in [-0.2, 0) is 6.54 Å². The number of allylic oxidation sites excluding steroid dienone is 4. The number of aliphatic hydroxyl groups is 1. The lowest BCUT2D eigenvalue weighted by Crippen LogP contribution is -2.46. The second-order valence-electron chi connectivity index (χ2n) is 6.93. The zero-order chi connectivity index (χ0) is 16.2. The average Bonchev–Trinajstić information content (AvgIpc) is 2.56. The summed E-state index contributed by atoms with van der Waals surface area (Å²) in [5.41, 5.74) is 1.36. The fourth-order valence-electron chi connectivity index (χ4n) is 4.04. The maximum absolute atomic E-state index is 10.2. The summed E-state index contributed by atoms with van der Waals surface area (Å²) < 4.78 is 0. The molecule has 124 valence electrons. The van der Waals surface area contributed by atoms with Crippen molar-refractivity contribution in [1.29, 1.82) is 0 Å². The van der Waals surface area contributed by atoms with E-state index in [2.05, 4.69) is 47.4 Å². The van der Waals surface area contributed by atoms with Gasteiger partial charge in [-0.25, -0.2) is 0 Å². The maximum atomic E-state index is 10.2. The number of benzene rings is 1. The Morgan fingerprint density at radius 2 is 2.09 bits per heavy atom. The third-order valence-electron chi connectivity index (χ3n) is 5.30. The van der Waals surface area contributed by atoms with E-state index >= 15 is 0 Å². The SMILES string of the molecule is C[C@@H](O)C1CCN(Cc2ccccc2)C[C@@H]1C1C=CC(Cl)=CC1. The number of hydrogen-bond acceptors (Lipinski definition) is 2. The van der Waals surface area contributed by atoms with Gasteiger partial charge < -0.3 is 5.11 Å². The smallest absolute Gasteiger partial charge is 0.0544 e. The third-order valence-corrected chi connectivity index (χ3v) is 5.58. The van der Waals surface area contributed by atoms with Gasteiger partial charge >= 0.3 is 0 Å². The van der Waals surface area contributed by atoms with E-state index in [1.165, 1.54) is 5.56 Å². The molecule has 1 heterocycles. The molecule has 0 radical (unpaired) electrons. The summed E-state index contributed by atoms with van der Waals surface area (Å²) >= 11 is 6.07. The summed E-state index contributed by atoms with van der Waals surface area (Å²) in [6.07, 6.45) is 8.19. The van der Waals surface area contributed by atoms with E-state index in [4.69, 9.17) is 11.6 Å². The van der Waals surface area contributed by atoms with Gasteiger partial charge in [0.2, 0.25) is 0 Å². The summed E-state index contributed by atoms with van der Waals surface area (Å²) in [4.78, 5) is 2.53. The number of piperidine rings is 1. The average molecular weight is 332 g/mol. The molecule has 0 saturated carbocycles. The third kappa shape index (κ3) is 4.26. The van der Waals surface area contributed by atoms with Crippen molar-refractivity contribution in [2.75, 3.05) is 13.1 Å². The van der Waals surface area contributed by atoms with E-state index in [1.807, 2.05) is 13.0 Å². The maximum Gasteiger partial charge on any atom is 0.0544 e. The van der Waals surface area contributed by atoms with Gasteiger partial charge in [0.15, 0.2) is 0 Å². The van der Waals surface area contributed by atoms with E-state index in [9.17, 15) is 5.11 Å². The highest BCUT2D eigenvalue weighted by molar-refractivity contribution is 6.31. The number of hydrogen-bond donors (Lipinski definition) is 1. The highest BCUT2D eigenvalue weighted by Crippen LogP contribution is 2.37. The second-order valence-corrected chi connectivity index (χ2v) is 7.36. The van der Waals surface area contributed by atoms with Gasteiger partial charge in [0.05, 0.1) is 6.10 Å². The highest BCUT2D eigenvalue weighted by Gasteiger charge is 2.36. The van der Waals surface area contributed by atoms with Crippen molar-refractivity contribution in [2.24, 2.45) is 17.8 Å². The Kier molecular flexibility index (Phi) is 5.58. The molecule has 0 spiro atoms. The number of rotatable bonds is 4. The molecule has 2 aliphatic rings. The van der Waals surface area contributed by atoms with Gasteiger partial charge in [0.25, 0.3) is 0 Å². The molecule has 0 aromatic heterocycles. The van der Waals surface area contributed by atoms with Gasteiger partial charge in [0, 0.05) is 18.1 Å². The molecule has 1 aromatic carbocycles. The molecule has 1 aliphatic carbocycles. The van der Waals surface area contributed by atoms with Crippen molar-refractivity contribution >= 4 is 11.6 Å². The zero-order valence-corrected chi connectivity index (χ0v) is 14.5. The summed E-state index contributed by atoms with van der Waals surface area (Å²) in [5, 5.41) is 11.1. The predicted molar refractivity (Wildman–Crippen MR) is 96.2 cm³/mol. The van der Waals surface area contributed by atoms with Gasteiger partial charge in [-0.3, -0.25) is 4.90 Å². The van der Waals surface area contributed by atoms with Crippen molar-refractivity contribution in [1.82, 2.24) is 4.90 Å². The molecule has 1 aliphatic heterocycles. The summed E-state index contributed by atoms with van der Waals surface area (Å²) in [6.45, 7) is 5.05. The minimum absolute atomic E-state index is 0.242. The second kappa shape index (κ2) is 7.65. The molecule has 0 amide bonds. The first-order valence-electron chi connectivity index (χ1n) is 8.61. The van der Waals surface area contributed by atoms with Gasteiger partial charge in [-0.15, -0.1) is 0 Å². The Balaban J connectivity index is 1.70. The van der Waals surface area contributed by atoms with E-state index in [-0.39, 0.29) is 6.10 Å². The van der Waals surface area contributed by atoms with E-state index in [1.54, 1.807) is 0 Å². The van der Waals surface area contributed by atoms with Crippen molar-refractivity contribution in [3.63, 3.8) is 0 Å². The minimum Gasteiger partial charge on any atom is -0.393 e. The monoisotopic (exact) mass is 331 g/mol. The van der Waals surface area contributed by atoms with Crippen molar-refractivity contribution in [2.45, 2.75) is 32.4 Å². The predicted octanol–water partition coefficient (Wildman–Crippen LogP) is 4.20. The number of likely N-dealkylation sites (tertiary alicyclic amines) is 1. The van der Waals surface area contributed by atoms with Gasteiger partial charge in [-0.05, 0) is 55.7 Å². The molecule has 2 unspecified atom stereocenters. The van der Waals surface area contributed by atoms with Crippen LogP contribution in [0.1, 0.15) is 25.3 Å². The van der Waals surface area contributed by atoms with Crippen LogP contribution < -0.4 is 0 Å². The molecule has 23 heavy (non-hydrogen) atoms. The number of nitrogens with zero attached hydrogens (tertiary/aromatic N) is 1. The Labute approximate surface area is 144 Å². The Morgan fingerprint density at radius 1 is 1.30 bits per heavy atom. The van der Waals surface area contributed by atoms with Crippen LogP contribution in [0.5, 0.6) is 0 Å². The first-order valence-corrected chi connectivity index (χ1v) is 8.99. The van der Waals surface area contributed by atoms with Crippen LogP contribution in [0, 0.1) is 17.8 Å². The van der Waals surface area contributed by atoms with Gasteiger partial charge in [0.1, 0.15) is 0 Å². The van der Waals surface area contributed by atoms with E-state index in [0.29, 0.717) is 17.8 Å². The first kappa shape index (κ1) is 16.8. The van der Waals surface area contributed by atoms with Gasteiger partial charge in [-0.2, -0.15) is 0 Å². The van der Waals surface area contributed by atoms with E-state index < -0.39 is 0 Å². The van der Waals surface area contributed by atoms with E-state index in [0.717, 1.165) is 37.5 Å². The Hall–Kier alpha value is -1.09. The Morgan fingerprint density at radius 3 is 2.74 bits per heavy atom. The molecular formula is C20H26ClNO. The molecule has 1 N–H and O–H groups in total. The molecule has 1 fully saturated rings. The molecule has 3 heteroatoms. The lowest BCUT2D eigenvalue weighted by atomic mass is 9.72. The molecular weight excluding hydrogens is 306 g/mol. The molecule has 1 saturated heterocycles. The molecule has 2 nitrogen and oxygen atoms in total. The standard InChI is InChI=1S/C20H26ClNO/c1-15(23)19-11-12-22(13-16-5-3-2-4-6-16)14-20(19)17-7-9-18(21)10-8-17/h2-7,9-10,15,17,19-20,23H,8,11-14H2,1H3/t15-,17?,19?,20-/m1/s1. The highest BCUT2D eigenvalue weighted by atomic mass is 35.5. The van der Waals surface area contributed by atoms with Crippen LogP contribution in [-0.4, -0.2) is 29.2 Å². The normalized spacial score (nSPS) is 30.0. The lowest BCUT2D eigenvalue weighted by Gasteiger charge is -2.43. The number of halogens is 1. The topological polar surface area (TPSA) is 23.5 Å². The van der Waals surface area contributed by atoms with Crippen molar-refractivity contribution in [3.05, 3.63) is 59.2 Å². The molecule has 3 rings (SSSR count). The van der Waals surface area contributed by atoms with Crippen LogP contribution in [0.4, 0.5) is 0 Å². The summed E-state index contributed by atoms with van der Waals surface area (Å²) in [5.74, 6) is 1.35. The summed E-state index contributed by atoms with van der Waals surface area (Å²) in [6, 6.07) is 10.7. The quantitative estimate of drug-likeness (QED) is 0.893. The Bertz CT molecular complexity index is 566. The number of aliphatic hydroxyl groups excluding tert-OH is 1. The zero-order valence-electron chi connectivity index (χ0n) is 13.7. The van der Waals surface area contributed by atoms with Gasteiger partial charge in [-0.1, -0.05) is 54.1 Å².